The second-order valence-corrected chi connectivity index (χ2v) is 4.37. The van der Waals surface area contributed by atoms with Crippen LogP contribution in [0.4, 0.5) is 5.69 Å². The van der Waals surface area contributed by atoms with Gasteiger partial charge in [-0.2, -0.15) is 0 Å². The smallest absolute Gasteiger partial charge is 0.102 e. The molecular formula is C17H19N3. The minimum absolute atomic E-state index is 0.862. The maximum absolute atomic E-state index is 4.66. The average molecular weight is 265 g/mol. The number of amidine groups is 1. The van der Waals surface area contributed by atoms with Crippen LogP contribution >= 0.6 is 0 Å². The zero-order valence-electron chi connectivity index (χ0n) is 11.9. The van der Waals surface area contributed by atoms with E-state index in [1.165, 1.54) is 0 Å². The van der Waals surface area contributed by atoms with Crippen molar-refractivity contribution < 1.29 is 0 Å². The van der Waals surface area contributed by atoms with Gasteiger partial charge in [0, 0.05) is 30.8 Å². The third-order valence-electron chi connectivity index (χ3n) is 3.08. The van der Waals surface area contributed by atoms with Crippen LogP contribution in [0.1, 0.15) is 24.6 Å². The Morgan fingerprint density at radius 3 is 2.60 bits per heavy atom. The Balaban J connectivity index is 2.43. The lowest BCUT2D eigenvalue weighted by atomic mass is 10.0. The first-order chi connectivity index (χ1) is 9.76. The van der Waals surface area contributed by atoms with Gasteiger partial charge in [-0.1, -0.05) is 37.8 Å². The number of hydrogen-bond donors (Lipinski definition) is 1. The van der Waals surface area contributed by atoms with Crippen molar-refractivity contribution in [1.29, 1.82) is 0 Å². The highest BCUT2D eigenvalue weighted by Crippen LogP contribution is 2.29. The maximum Gasteiger partial charge on any atom is 0.102 e. The summed E-state index contributed by atoms with van der Waals surface area (Å²) in [5.41, 5.74) is 3.68. The van der Waals surface area contributed by atoms with Gasteiger partial charge in [0.25, 0.3) is 0 Å². The van der Waals surface area contributed by atoms with Crippen molar-refractivity contribution in [2.45, 2.75) is 13.3 Å². The Kier molecular flexibility index (Phi) is 4.66. The predicted molar refractivity (Wildman–Crippen MR) is 85.3 cm³/mol. The lowest BCUT2D eigenvalue weighted by Gasteiger charge is -2.10. The van der Waals surface area contributed by atoms with Crippen LogP contribution in [0.25, 0.3) is 5.57 Å². The van der Waals surface area contributed by atoms with Gasteiger partial charge in [-0.25, -0.2) is 4.99 Å². The van der Waals surface area contributed by atoms with Crippen molar-refractivity contribution in [1.82, 2.24) is 10.3 Å². The first-order valence-electron chi connectivity index (χ1n) is 6.71. The highest BCUT2D eigenvalue weighted by molar-refractivity contribution is 5.88. The summed E-state index contributed by atoms with van der Waals surface area (Å²) in [7, 11) is 1.89. The molecule has 0 unspecified atom stereocenters. The molecule has 3 nitrogen and oxygen atoms in total. The molecule has 2 aromatic rings. The van der Waals surface area contributed by atoms with Gasteiger partial charge < -0.3 is 5.32 Å². The molecule has 2 rings (SSSR count). The Morgan fingerprint density at radius 2 is 1.95 bits per heavy atom. The van der Waals surface area contributed by atoms with E-state index in [0.717, 1.165) is 34.8 Å². The molecule has 3 heteroatoms. The molecule has 0 saturated carbocycles. The number of pyridine rings is 1. The van der Waals surface area contributed by atoms with Crippen LogP contribution in [-0.4, -0.2) is 17.9 Å². The van der Waals surface area contributed by atoms with Crippen LogP contribution < -0.4 is 5.32 Å². The van der Waals surface area contributed by atoms with Gasteiger partial charge in [-0.3, -0.25) is 4.98 Å². The first kappa shape index (κ1) is 14.0. The molecular weight excluding hydrogens is 246 g/mol. The van der Waals surface area contributed by atoms with Crippen molar-refractivity contribution >= 4 is 17.1 Å². The number of benzene rings is 1. The largest absolute Gasteiger partial charge is 0.377 e. The summed E-state index contributed by atoms with van der Waals surface area (Å²) >= 11 is 0. The van der Waals surface area contributed by atoms with Crippen molar-refractivity contribution in [3.05, 3.63) is 66.5 Å². The van der Waals surface area contributed by atoms with Crippen LogP contribution in [0.5, 0.6) is 0 Å². The van der Waals surface area contributed by atoms with E-state index in [1.807, 2.05) is 49.5 Å². The third kappa shape index (κ3) is 3.12. The molecule has 0 aliphatic rings. The van der Waals surface area contributed by atoms with Crippen molar-refractivity contribution in [3.63, 3.8) is 0 Å². The van der Waals surface area contributed by atoms with E-state index in [4.69, 9.17) is 0 Å². The topological polar surface area (TPSA) is 37.3 Å². The molecule has 102 valence electrons. The van der Waals surface area contributed by atoms with E-state index in [1.54, 1.807) is 6.20 Å². The monoisotopic (exact) mass is 265 g/mol. The zero-order chi connectivity index (χ0) is 14.4. The number of aromatic nitrogens is 1. The fourth-order valence-corrected chi connectivity index (χ4v) is 1.96. The second kappa shape index (κ2) is 6.66. The van der Waals surface area contributed by atoms with E-state index >= 15 is 0 Å². The number of hydrogen-bond acceptors (Lipinski definition) is 2. The van der Waals surface area contributed by atoms with E-state index in [0.29, 0.717) is 0 Å². The maximum atomic E-state index is 4.66. The Labute approximate surface area is 120 Å². The Morgan fingerprint density at radius 1 is 1.20 bits per heavy atom. The summed E-state index contributed by atoms with van der Waals surface area (Å²) in [6, 6.07) is 13.8. The lowest BCUT2D eigenvalue weighted by molar-refractivity contribution is 1.08. The molecule has 0 fully saturated rings. The van der Waals surface area contributed by atoms with Gasteiger partial charge in [0.05, 0.1) is 11.4 Å². The van der Waals surface area contributed by atoms with Crippen LogP contribution in [0.3, 0.4) is 0 Å². The van der Waals surface area contributed by atoms with Gasteiger partial charge in [-0.15, -0.1) is 0 Å². The van der Waals surface area contributed by atoms with Crippen molar-refractivity contribution in [3.8, 4) is 0 Å². The van der Waals surface area contributed by atoms with Crippen LogP contribution in [-0.2, 0) is 0 Å². The highest BCUT2D eigenvalue weighted by atomic mass is 15.0. The minimum atomic E-state index is 0.862. The number of nitrogens with zero attached hydrogens (tertiary/aromatic N) is 2. The molecule has 0 saturated heterocycles. The predicted octanol–water partition coefficient (Wildman–Crippen LogP) is 3.80. The summed E-state index contributed by atoms with van der Waals surface area (Å²) in [5, 5.41) is 3.11. The fourth-order valence-electron chi connectivity index (χ4n) is 1.96. The normalized spacial score (nSPS) is 11.2. The van der Waals surface area contributed by atoms with Gasteiger partial charge in [0.15, 0.2) is 0 Å². The second-order valence-electron chi connectivity index (χ2n) is 4.37. The SMILES string of the molecule is C=C(c1ccccn1)c1ccccc1/N=C(\CC)NC. The van der Waals surface area contributed by atoms with Crippen molar-refractivity contribution in [2.24, 2.45) is 4.99 Å². The number of nitrogens with one attached hydrogen (secondary N) is 1. The average Bonchev–Trinajstić information content (AvgIpc) is 2.53. The van der Waals surface area contributed by atoms with Gasteiger partial charge in [-0.05, 0) is 18.2 Å². The summed E-state index contributed by atoms with van der Waals surface area (Å²) in [6.45, 7) is 6.24. The van der Waals surface area contributed by atoms with Crippen LogP contribution in [0, 0.1) is 0 Å². The quantitative estimate of drug-likeness (QED) is 0.674. The summed E-state index contributed by atoms with van der Waals surface area (Å²) in [4.78, 5) is 9.01. The standard InChI is InChI=1S/C17H19N3/c1-4-17(18-3)20-16-11-6-5-9-14(16)13(2)15-10-7-8-12-19-15/h5-12H,2,4H2,1,3H3,(H,18,20). The molecule has 0 spiro atoms. The summed E-state index contributed by atoms with van der Waals surface area (Å²) < 4.78 is 0. The van der Waals surface area contributed by atoms with Crippen LogP contribution in [0.15, 0.2) is 60.2 Å². The molecule has 0 radical (unpaired) electrons. The molecule has 1 aromatic heterocycles. The summed E-state index contributed by atoms with van der Waals surface area (Å²) in [5.74, 6) is 0.950. The van der Waals surface area contributed by atoms with Gasteiger partial charge in [0.2, 0.25) is 0 Å². The van der Waals surface area contributed by atoms with Crippen LogP contribution in [0.2, 0.25) is 0 Å². The van der Waals surface area contributed by atoms with Gasteiger partial charge >= 0.3 is 0 Å². The van der Waals surface area contributed by atoms with Crippen molar-refractivity contribution in [2.75, 3.05) is 7.05 Å². The minimum Gasteiger partial charge on any atom is -0.377 e. The summed E-state index contributed by atoms with van der Waals surface area (Å²) in [6.07, 6.45) is 2.64. The molecule has 20 heavy (non-hydrogen) atoms. The molecule has 1 aromatic carbocycles. The Bertz CT molecular complexity index is 609. The van der Waals surface area contributed by atoms with E-state index in [9.17, 15) is 0 Å². The number of rotatable bonds is 4. The number of aliphatic imine (C=N–C) groups is 1. The van der Waals surface area contributed by atoms with E-state index in [2.05, 4.69) is 28.8 Å². The first-order valence-corrected chi connectivity index (χ1v) is 6.71. The molecule has 0 amide bonds. The van der Waals surface area contributed by atoms with Gasteiger partial charge in [0.1, 0.15) is 5.84 Å². The highest BCUT2D eigenvalue weighted by Gasteiger charge is 2.08. The molecule has 0 aliphatic heterocycles. The van der Waals surface area contributed by atoms with E-state index in [-0.39, 0.29) is 0 Å². The molecule has 0 aliphatic carbocycles. The zero-order valence-corrected chi connectivity index (χ0v) is 11.9. The molecule has 0 bridgehead atoms. The third-order valence-corrected chi connectivity index (χ3v) is 3.08. The fraction of sp³-hybridized carbons (Fsp3) is 0.176. The lowest BCUT2D eigenvalue weighted by Crippen LogP contribution is -2.16. The van der Waals surface area contributed by atoms with E-state index < -0.39 is 0 Å². The Hall–Kier alpha value is -2.42. The number of para-hydroxylation sites is 1. The molecule has 1 heterocycles. The molecule has 1 N–H and O–H groups in total. The molecule has 0 atom stereocenters.